The fraction of sp³-hybridized carbons (Fsp3) is 0.333. The van der Waals surface area contributed by atoms with Gasteiger partial charge in [-0.3, -0.25) is 9.48 Å². The van der Waals surface area contributed by atoms with E-state index in [1.54, 1.807) is 30.3 Å². The second-order valence-corrected chi connectivity index (χ2v) is 5.57. The maximum absolute atomic E-state index is 12.4. The molecule has 1 N–H and O–H groups in total. The first-order valence-corrected chi connectivity index (χ1v) is 7.10. The number of carbonyl (C=O) groups excluding carboxylic acids is 1. The van der Waals surface area contributed by atoms with Gasteiger partial charge in [-0.25, -0.2) is 9.67 Å². The van der Waals surface area contributed by atoms with Crippen LogP contribution in [0.1, 0.15) is 35.9 Å². The number of fused-ring (bicyclic) bond motifs is 1. The molecule has 3 rings (SSSR count). The molecule has 3 aromatic rings. The number of amides is 1. The van der Waals surface area contributed by atoms with Gasteiger partial charge in [-0.1, -0.05) is 0 Å². The van der Waals surface area contributed by atoms with E-state index < -0.39 is 0 Å². The molecule has 0 aliphatic heterocycles. The molecular weight excluding hydrogens is 280 g/mol. The molecule has 0 aliphatic rings. The Hall–Kier alpha value is -2.70. The van der Waals surface area contributed by atoms with Crippen molar-refractivity contribution >= 4 is 22.6 Å². The summed E-state index contributed by atoms with van der Waals surface area (Å²) in [6.07, 6.45) is 5.09. The fourth-order valence-corrected chi connectivity index (χ4v) is 2.36. The summed E-state index contributed by atoms with van der Waals surface area (Å²) < 4.78 is 3.49. The molecule has 7 heteroatoms. The Balaban J connectivity index is 1.96. The van der Waals surface area contributed by atoms with Crippen LogP contribution < -0.4 is 5.32 Å². The van der Waals surface area contributed by atoms with Gasteiger partial charge in [0.15, 0.2) is 5.65 Å². The molecule has 0 bridgehead atoms. The summed E-state index contributed by atoms with van der Waals surface area (Å²) in [4.78, 5) is 17.0. The number of aryl methyl sites for hydroxylation is 2. The van der Waals surface area contributed by atoms with Crippen molar-refractivity contribution in [1.29, 1.82) is 0 Å². The molecule has 0 saturated carbocycles. The largest absolute Gasteiger partial charge is 0.319 e. The van der Waals surface area contributed by atoms with Crippen molar-refractivity contribution in [3.8, 4) is 0 Å². The molecule has 0 radical (unpaired) electrons. The van der Waals surface area contributed by atoms with Gasteiger partial charge in [0.2, 0.25) is 0 Å². The van der Waals surface area contributed by atoms with Gasteiger partial charge in [-0.2, -0.15) is 10.2 Å². The van der Waals surface area contributed by atoms with Gasteiger partial charge < -0.3 is 5.32 Å². The van der Waals surface area contributed by atoms with Crippen molar-refractivity contribution in [3.05, 3.63) is 35.9 Å². The van der Waals surface area contributed by atoms with Crippen LogP contribution in [0.4, 0.5) is 5.69 Å². The number of hydrogen-bond acceptors (Lipinski definition) is 4. The third-order valence-corrected chi connectivity index (χ3v) is 3.46. The standard InChI is InChI=1S/C15H18N6O/c1-9(2)21-14-11(6-17-21)5-13(10(3)18-14)15(22)19-12-7-16-20(4)8-12/h5-9H,1-4H3,(H,19,22). The first-order valence-electron chi connectivity index (χ1n) is 7.10. The number of rotatable bonds is 3. The highest BCUT2D eigenvalue weighted by Crippen LogP contribution is 2.20. The van der Waals surface area contributed by atoms with Crippen molar-refractivity contribution < 1.29 is 4.79 Å². The molecule has 0 fully saturated rings. The number of anilines is 1. The minimum atomic E-state index is -0.197. The molecule has 1 amide bonds. The normalized spacial score (nSPS) is 11.3. The maximum atomic E-state index is 12.4. The zero-order chi connectivity index (χ0) is 15.9. The topological polar surface area (TPSA) is 77.6 Å². The third kappa shape index (κ3) is 2.45. The Kier molecular flexibility index (Phi) is 3.40. The van der Waals surface area contributed by atoms with Gasteiger partial charge in [0.05, 0.1) is 29.3 Å². The van der Waals surface area contributed by atoms with E-state index in [0.717, 1.165) is 11.0 Å². The quantitative estimate of drug-likeness (QED) is 0.805. The first-order chi connectivity index (χ1) is 10.5. The van der Waals surface area contributed by atoms with Crippen LogP contribution in [-0.2, 0) is 7.05 Å². The van der Waals surface area contributed by atoms with E-state index >= 15 is 0 Å². The van der Waals surface area contributed by atoms with Crippen LogP contribution in [0.5, 0.6) is 0 Å². The van der Waals surface area contributed by atoms with E-state index in [1.165, 1.54) is 0 Å². The molecule has 0 aliphatic carbocycles. The number of nitrogens with one attached hydrogen (secondary N) is 1. The van der Waals surface area contributed by atoms with Crippen LogP contribution >= 0.6 is 0 Å². The number of nitrogens with zero attached hydrogens (tertiary/aromatic N) is 5. The molecular formula is C15H18N6O. The fourth-order valence-electron chi connectivity index (χ4n) is 2.36. The Labute approximate surface area is 128 Å². The molecule has 0 atom stereocenters. The lowest BCUT2D eigenvalue weighted by atomic mass is 10.1. The van der Waals surface area contributed by atoms with Crippen molar-refractivity contribution in [2.45, 2.75) is 26.8 Å². The number of carbonyl (C=O) groups is 1. The predicted octanol–water partition coefficient (Wildman–Crippen LogP) is 2.31. The zero-order valence-corrected chi connectivity index (χ0v) is 13.0. The molecule has 7 nitrogen and oxygen atoms in total. The predicted molar refractivity (Wildman–Crippen MR) is 83.8 cm³/mol. The molecule has 0 unspecified atom stereocenters. The van der Waals surface area contributed by atoms with Crippen molar-refractivity contribution in [2.24, 2.45) is 7.05 Å². The Morgan fingerprint density at radius 1 is 1.27 bits per heavy atom. The highest BCUT2D eigenvalue weighted by Gasteiger charge is 2.15. The van der Waals surface area contributed by atoms with Crippen LogP contribution in [0, 0.1) is 6.92 Å². The summed E-state index contributed by atoms with van der Waals surface area (Å²) in [7, 11) is 1.80. The summed E-state index contributed by atoms with van der Waals surface area (Å²) in [5, 5.41) is 12.0. The van der Waals surface area contributed by atoms with Crippen molar-refractivity contribution in [3.63, 3.8) is 0 Å². The van der Waals surface area contributed by atoms with Crippen molar-refractivity contribution in [2.75, 3.05) is 5.32 Å². The van der Waals surface area contributed by atoms with Gasteiger partial charge in [-0.15, -0.1) is 0 Å². The Morgan fingerprint density at radius 3 is 2.68 bits per heavy atom. The molecule has 3 aromatic heterocycles. The van der Waals surface area contributed by atoms with E-state index in [-0.39, 0.29) is 11.9 Å². The average Bonchev–Trinajstić information content (AvgIpc) is 3.03. The summed E-state index contributed by atoms with van der Waals surface area (Å²) in [5.74, 6) is -0.197. The lowest BCUT2D eigenvalue weighted by Crippen LogP contribution is -2.14. The summed E-state index contributed by atoms with van der Waals surface area (Å²) in [5.41, 5.74) is 2.67. The smallest absolute Gasteiger partial charge is 0.257 e. The molecule has 0 aromatic carbocycles. The van der Waals surface area contributed by atoms with Gasteiger partial charge in [0, 0.05) is 24.7 Å². The van der Waals surface area contributed by atoms with E-state index in [0.29, 0.717) is 16.9 Å². The van der Waals surface area contributed by atoms with Gasteiger partial charge in [0.25, 0.3) is 5.91 Å². The van der Waals surface area contributed by atoms with Crippen LogP contribution in [0.2, 0.25) is 0 Å². The van der Waals surface area contributed by atoms with E-state index in [4.69, 9.17) is 0 Å². The summed E-state index contributed by atoms with van der Waals surface area (Å²) in [6, 6.07) is 2.05. The molecule has 3 heterocycles. The van der Waals surface area contributed by atoms with E-state index in [1.807, 2.05) is 31.5 Å². The van der Waals surface area contributed by atoms with E-state index in [9.17, 15) is 4.79 Å². The zero-order valence-electron chi connectivity index (χ0n) is 13.0. The Bertz CT molecular complexity index is 845. The molecule has 114 valence electrons. The number of hydrogen-bond donors (Lipinski definition) is 1. The van der Waals surface area contributed by atoms with Gasteiger partial charge in [-0.05, 0) is 26.8 Å². The van der Waals surface area contributed by atoms with Crippen LogP contribution in [0.25, 0.3) is 11.0 Å². The monoisotopic (exact) mass is 298 g/mol. The first kappa shape index (κ1) is 14.2. The second kappa shape index (κ2) is 5.25. The lowest BCUT2D eigenvalue weighted by molar-refractivity contribution is 0.102. The molecule has 0 spiro atoms. The van der Waals surface area contributed by atoms with E-state index in [2.05, 4.69) is 20.5 Å². The molecule has 0 saturated heterocycles. The average molecular weight is 298 g/mol. The highest BCUT2D eigenvalue weighted by atomic mass is 16.1. The lowest BCUT2D eigenvalue weighted by Gasteiger charge is -2.09. The van der Waals surface area contributed by atoms with Gasteiger partial charge >= 0.3 is 0 Å². The number of aromatic nitrogens is 5. The minimum Gasteiger partial charge on any atom is -0.319 e. The minimum absolute atomic E-state index is 0.197. The summed E-state index contributed by atoms with van der Waals surface area (Å²) in [6.45, 7) is 5.92. The summed E-state index contributed by atoms with van der Waals surface area (Å²) >= 11 is 0. The third-order valence-electron chi connectivity index (χ3n) is 3.46. The van der Waals surface area contributed by atoms with Gasteiger partial charge in [0.1, 0.15) is 0 Å². The Morgan fingerprint density at radius 2 is 2.05 bits per heavy atom. The SMILES string of the molecule is Cc1nc2c(cnn2C(C)C)cc1C(=O)Nc1cnn(C)c1. The highest BCUT2D eigenvalue weighted by molar-refractivity contribution is 6.06. The van der Waals surface area contributed by atoms with Crippen LogP contribution in [0.15, 0.2) is 24.7 Å². The van der Waals surface area contributed by atoms with Crippen LogP contribution in [0.3, 0.4) is 0 Å². The number of pyridine rings is 1. The maximum Gasteiger partial charge on any atom is 0.257 e. The van der Waals surface area contributed by atoms with Crippen LogP contribution in [-0.4, -0.2) is 30.5 Å². The molecule has 22 heavy (non-hydrogen) atoms. The second-order valence-electron chi connectivity index (χ2n) is 5.57. The van der Waals surface area contributed by atoms with Crippen molar-refractivity contribution in [1.82, 2.24) is 24.5 Å².